The van der Waals surface area contributed by atoms with Gasteiger partial charge >= 0.3 is 55.6 Å². The quantitative estimate of drug-likeness (QED) is 0.0923. The van der Waals surface area contributed by atoms with Crippen molar-refractivity contribution in [3.8, 4) is 0 Å². The molecule has 0 aliphatic rings. The molecular formula is C44H22BF27N2. The van der Waals surface area contributed by atoms with E-state index in [-0.39, 0.29) is 0 Å². The summed E-state index contributed by atoms with van der Waals surface area (Å²) < 4.78 is 380. The maximum absolute atomic E-state index is 14.2. The maximum atomic E-state index is 14.2. The predicted molar refractivity (Wildman–Crippen MR) is 205 cm³/mol. The van der Waals surface area contributed by atoms with Gasteiger partial charge in [0, 0.05) is 5.56 Å². The standard InChI is InChI=1S/C32H12BF24.C12H10F3N2/c34-25(35,36)13-1-14(26(37,38)39)6-21(5-13)33(22-7-15(27(40,41)42)2-16(8-22)28(43,44)45,23-9-17(29(46,47)48)3-18(10-23)30(49,50)51)24-11-19(31(52,53)54)4-20(12-24)32(55,56)57;13-12(14,15)11-9-17(7-6-16-11)8-10-4-2-1-3-5-10/h1-12H;1-7,9H,8H2/q-1;+1. The summed E-state index contributed by atoms with van der Waals surface area (Å²) in [5.41, 5.74) is -30.1. The van der Waals surface area contributed by atoms with Gasteiger partial charge in [-0.05, 0) is 24.3 Å². The minimum Gasteiger partial charge on any atom is -0.240 e. The van der Waals surface area contributed by atoms with E-state index in [2.05, 4.69) is 4.98 Å². The van der Waals surface area contributed by atoms with Crippen LogP contribution in [0.15, 0.2) is 122 Å². The molecule has 30 heteroatoms. The van der Waals surface area contributed by atoms with E-state index in [9.17, 15) is 119 Å². The van der Waals surface area contributed by atoms with Crippen LogP contribution in [0, 0.1) is 0 Å². The Kier molecular flexibility index (Phi) is 15.4. The van der Waals surface area contributed by atoms with Crippen LogP contribution in [0.1, 0.15) is 55.8 Å². The molecule has 6 aromatic rings. The molecule has 0 spiro atoms. The van der Waals surface area contributed by atoms with Crippen LogP contribution in [0.5, 0.6) is 0 Å². The van der Waals surface area contributed by atoms with Crippen molar-refractivity contribution in [2.75, 3.05) is 0 Å². The highest BCUT2D eigenvalue weighted by molar-refractivity contribution is 7.20. The molecule has 0 saturated carbocycles. The highest BCUT2D eigenvalue weighted by Crippen LogP contribution is 2.41. The molecule has 0 atom stereocenters. The third kappa shape index (κ3) is 13.5. The van der Waals surface area contributed by atoms with Crippen LogP contribution >= 0.6 is 0 Å². The van der Waals surface area contributed by atoms with Crippen molar-refractivity contribution in [1.29, 1.82) is 0 Å². The number of halogens is 27. The molecule has 6 rings (SSSR count). The third-order valence-electron chi connectivity index (χ3n) is 10.7. The molecular weight excluding hydrogens is 1080 g/mol. The van der Waals surface area contributed by atoms with Crippen LogP contribution in [0.2, 0.25) is 0 Å². The second-order valence-electron chi connectivity index (χ2n) is 15.8. The van der Waals surface area contributed by atoms with E-state index in [0.29, 0.717) is 6.54 Å². The van der Waals surface area contributed by atoms with Crippen molar-refractivity contribution < 1.29 is 123 Å². The molecule has 0 amide bonds. The molecule has 1 aromatic heterocycles. The Morgan fingerprint density at radius 2 is 0.568 bits per heavy atom. The highest BCUT2D eigenvalue weighted by Gasteiger charge is 2.47. The van der Waals surface area contributed by atoms with Crippen LogP contribution < -0.4 is 26.4 Å². The molecule has 0 aliphatic carbocycles. The van der Waals surface area contributed by atoms with E-state index in [0.717, 1.165) is 18.0 Å². The van der Waals surface area contributed by atoms with E-state index in [1.54, 1.807) is 0 Å². The summed E-state index contributed by atoms with van der Waals surface area (Å²) in [6, 6.07) is 0.474. The van der Waals surface area contributed by atoms with Crippen molar-refractivity contribution in [3.05, 3.63) is 177 Å². The predicted octanol–water partition coefficient (Wildman–Crippen LogP) is 13.7. The first kappa shape index (κ1) is 58.2. The monoisotopic (exact) mass is 1100 g/mol. The van der Waals surface area contributed by atoms with Crippen LogP contribution in [0.4, 0.5) is 119 Å². The largest absolute Gasteiger partial charge is 0.439 e. The average molecular weight is 1100 g/mol. The highest BCUT2D eigenvalue weighted by atomic mass is 19.4. The first-order valence-corrected chi connectivity index (χ1v) is 19.6. The lowest BCUT2D eigenvalue weighted by Crippen LogP contribution is -2.75. The van der Waals surface area contributed by atoms with Gasteiger partial charge in [0.25, 0.3) is 0 Å². The Bertz CT molecular complexity index is 2520. The van der Waals surface area contributed by atoms with Crippen LogP contribution in [-0.4, -0.2) is 11.1 Å². The van der Waals surface area contributed by atoms with Crippen molar-refractivity contribution >= 4 is 28.0 Å². The van der Waals surface area contributed by atoms with Gasteiger partial charge in [0.2, 0.25) is 5.69 Å². The zero-order valence-electron chi connectivity index (χ0n) is 35.4. The summed E-state index contributed by atoms with van der Waals surface area (Å²) in [6.07, 6.45) is -55.5. The van der Waals surface area contributed by atoms with E-state index in [1.165, 1.54) is 10.8 Å². The lowest BCUT2D eigenvalue weighted by atomic mass is 9.12. The zero-order valence-corrected chi connectivity index (χ0v) is 35.4. The molecule has 0 radical (unpaired) electrons. The Balaban J connectivity index is 0.000000500. The topological polar surface area (TPSA) is 16.8 Å². The Morgan fingerprint density at radius 3 is 0.784 bits per heavy atom. The molecule has 0 aliphatic heterocycles. The fraction of sp³-hybridized carbons (Fsp3) is 0.227. The van der Waals surface area contributed by atoms with Crippen molar-refractivity contribution in [2.45, 2.75) is 62.1 Å². The number of hydrogen-bond acceptors (Lipinski definition) is 1. The first-order valence-electron chi connectivity index (χ1n) is 19.6. The van der Waals surface area contributed by atoms with Crippen LogP contribution in [0.25, 0.3) is 0 Å². The summed E-state index contributed by atoms with van der Waals surface area (Å²) >= 11 is 0. The summed E-state index contributed by atoms with van der Waals surface area (Å²) in [5.74, 6) is 0. The molecule has 2 nitrogen and oxygen atoms in total. The van der Waals surface area contributed by atoms with Crippen LogP contribution in [0.3, 0.4) is 0 Å². The molecule has 0 fully saturated rings. The van der Waals surface area contributed by atoms with Crippen molar-refractivity contribution in [1.82, 2.24) is 4.98 Å². The fourth-order valence-electron chi connectivity index (χ4n) is 7.54. The number of aromatic nitrogens is 2. The van der Waals surface area contributed by atoms with Crippen LogP contribution in [-0.2, 0) is 62.1 Å². The van der Waals surface area contributed by atoms with E-state index in [1.807, 2.05) is 30.3 Å². The number of alkyl halides is 27. The van der Waals surface area contributed by atoms with Gasteiger partial charge in [0.15, 0.2) is 18.9 Å². The van der Waals surface area contributed by atoms with Crippen molar-refractivity contribution in [2.24, 2.45) is 0 Å². The smallest absolute Gasteiger partial charge is 0.240 e. The molecule has 400 valence electrons. The van der Waals surface area contributed by atoms with E-state index >= 15 is 0 Å². The number of rotatable bonds is 6. The van der Waals surface area contributed by atoms with E-state index < -0.39 is 207 Å². The maximum Gasteiger partial charge on any atom is 0.439 e. The van der Waals surface area contributed by atoms with Gasteiger partial charge in [0.05, 0.1) is 50.7 Å². The fourth-order valence-corrected chi connectivity index (χ4v) is 7.54. The van der Waals surface area contributed by atoms with Gasteiger partial charge in [-0.15, -0.1) is 0 Å². The molecule has 5 aromatic carbocycles. The number of hydrogen-bond donors (Lipinski definition) is 0. The first-order chi connectivity index (χ1) is 33.3. The number of benzene rings is 5. The Hall–Kier alpha value is -6.65. The summed E-state index contributed by atoms with van der Waals surface area (Å²) in [5, 5.41) is 0. The lowest BCUT2D eigenvalue weighted by Gasteiger charge is -2.46. The molecule has 1 heterocycles. The molecule has 74 heavy (non-hydrogen) atoms. The molecule has 0 bridgehead atoms. The zero-order chi connectivity index (χ0) is 56.2. The summed E-state index contributed by atoms with van der Waals surface area (Å²) in [4.78, 5) is 3.31. The molecule has 0 unspecified atom stereocenters. The summed E-state index contributed by atoms with van der Waals surface area (Å²) in [6.45, 7) is 0.395. The van der Waals surface area contributed by atoms with Gasteiger partial charge in [-0.1, -0.05) is 78.9 Å². The SMILES string of the molecule is FC(F)(F)c1c[n+](Cc2ccccc2)ccn1.FC(F)(F)c1cc([B-](c2cc(C(F)(F)F)cc(C(F)(F)F)c2)(c2cc(C(F)(F)F)cc(C(F)(F)F)c2)c2cc(C(F)(F)F)cc(C(F)(F)F)c2)cc(C(F)(F)F)c1. The lowest BCUT2D eigenvalue weighted by molar-refractivity contribution is -0.689. The third-order valence-corrected chi connectivity index (χ3v) is 10.7. The minimum absolute atomic E-state index is 0.395. The van der Waals surface area contributed by atoms with Gasteiger partial charge in [-0.25, -0.2) is 4.98 Å². The number of nitrogens with zero attached hydrogens (tertiary/aromatic N) is 2. The second kappa shape index (κ2) is 19.6. The normalized spacial score (nSPS) is 13.7. The summed E-state index contributed by atoms with van der Waals surface area (Å²) in [7, 11) is 0. The average Bonchev–Trinajstić information content (AvgIpc) is 3.24. The second-order valence-corrected chi connectivity index (χ2v) is 15.8. The van der Waals surface area contributed by atoms with Crippen molar-refractivity contribution in [3.63, 3.8) is 0 Å². The molecule has 0 saturated heterocycles. The van der Waals surface area contributed by atoms with Gasteiger partial charge in [-0.2, -0.15) is 145 Å². The Morgan fingerprint density at radius 1 is 0.324 bits per heavy atom. The van der Waals surface area contributed by atoms with Gasteiger partial charge in [-0.3, -0.25) is 0 Å². The van der Waals surface area contributed by atoms with E-state index in [4.69, 9.17) is 0 Å². The Labute approximate surface area is 395 Å². The van der Waals surface area contributed by atoms with Gasteiger partial charge in [0.1, 0.15) is 6.15 Å². The molecule has 0 N–H and O–H groups in total. The minimum atomic E-state index is -6.13. The van der Waals surface area contributed by atoms with Gasteiger partial charge < -0.3 is 0 Å².